The lowest BCUT2D eigenvalue weighted by molar-refractivity contribution is -0.133. The second kappa shape index (κ2) is 8.61. The van der Waals surface area contributed by atoms with Crippen molar-refractivity contribution in [1.29, 1.82) is 0 Å². The molecule has 5 nitrogen and oxygen atoms in total. The van der Waals surface area contributed by atoms with Gasteiger partial charge in [-0.15, -0.1) is 0 Å². The molecule has 2 heterocycles. The minimum Gasteiger partial charge on any atom is -0.486 e. The summed E-state index contributed by atoms with van der Waals surface area (Å²) in [7, 11) is 0. The summed E-state index contributed by atoms with van der Waals surface area (Å²) in [6.07, 6.45) is 0.798. The molecule has 0 N–H and O–H groups in total. The zero-order valence-electron chi connectivity index (χ0n) is 15.9. The predicted octanol–water partition coefficient (Wildman–Crippen LogP) is 2.87. The van der Waals surface area contributed by atoms with Crippen molar-refractivity contribution in [2.45, 2.75) is 19.4 Å². The third-order valence-corrected chi connectivity index (χ3v) is 5.30. The summed E-state index contributed by atoms with van der Waals surface area (Å²) in [4.78, 5) is 16.7. The number of benzene rings is 2. The summed E-state index contributed by atoms with van der Waals surface area (Å²) in [5.74, 6) is 1.48. The topological polar surface area (TPSA) is 42.0 Å². The second-order valence-electron chi connectivity index (χ2n) is 7.23. The predicted molar refractivity (Wildman–Crippen MR) is 104 cm³/mol. The van der Waals surface area contributed by atoms with E-state index >= 15 is 0 Å². The number of fused-ring (bicyclic) bond motifs is 1. The molecule has 1 fully saturated rings. The van der Waals surface area contributed by atoms with Crippen LogP contribution in [0, 0.1) is 5.82 Å². The zero-order valence-corrected chi connectivity index (χ0v) is 15.9. The van der Waals surface area contributed by atoms with E-state index in [9.17, 15) is 9.18 Å². The van der Waals surface area contributed by atoms with E-state index in [1.54, 1.807) is 18.2 Å². The van der Waals surface area contributed by atoms with Crippen molar-refractivity contribution in [3.63, 3.8) is 0 Å². The Morgan fingerprint density at radius 2 is 1.71 bits per heavy atom. The van der Waals surface area contributed by atoms with Crippen molar-refractivity contribution in [1.82, 2.24) is 9.80 Å². The Morgan fingerprint density at radius 1 is 0.964 bits per heavy atom. The van der Waals surface area contributed by atoms with Crippen LogP contribution in [-0.4, -0.2) is 55.1 Å². The molecule has 0 unspecified atom stereocenters. The molecule has 2 aliphatic rings. The van der Waals surface area contributed by atoms with Crippen molar-refractivity contribution >= 4 is 5.91 Å². The van der Waals surface area contributed by atoms with Gasteiger partial charge >= 0.3 is 0 Å². The largest absolute Gasteiger partial charge is 0.486 e. The van der Waals surface area contributed by atoms with Crippen LogP contribution in [0.15, 0.2) is 42.5 Å². The van der Waals surface area contributed by atoms with E-state index in [0.29, 0.717) is 44.7 Å². The van der Waals surface area contributed by atoms with Crippen molar-refractivity contribution in [3.05, 3.63) is 59.4 Å². The number of aryl methyl sites for hydroxylation is 1. The highest BCUT2D eigenvalue weighted by atomic mass is 19.1. The molecule has 2 aromatic carbocycles. The van der Waals surface area contributed by atoms with Gasteiger partial charge in [0.2, 0.25) is 5.91 Å². The highest BCUT2D eigenvalue weighted by molar-refractivity contribution is 5.76. The summed E-state index contributed by atoms with van der Waals surface area (Å²) in [6, 6.07) is 12.7. The van der Waals surface area contributed by atoms with E-state index in [4.69, 9.17) is 9.47 Å². The Hall–Kier alpha value is -2.60. The van der Waals surface area contributed by atoms with Crippen molar-refractivity contribution in [2.75, 3.05) is 39.4 Å². The van der Waals surface area contributed by atoms with Gasteiger partial charge in [0.25, 0.3) is 0 Å². The molecule has 0 radical (unpaired) electrons. The van der Waals surface area contributed by atoms with Gasteiger partial charge in [0.15, 0.2) is 11.5 Å². The van der Waals surface area contributed by atoms with Gasteiger partial charge in [0, 0.05) is 39.1 Å². The molecule has 0 aliphatic carbocycles. The Morgan fingerprint density at radius 3 is 2.50 bits per heavy atom. The smallest absolute Gasteiger partial charge is 0.222 e. The SMILES string of the molecule is O=C(CCc1ccccc1F)N1CCN(Cc2ccc3c(c2)OCCO3)CC1. The number of carbonyl (C=O) groups excluding carboxylic acids is 1. The lowest BCUT2D eigenvalue weighted by Crippen LogP contribution is -2.48. The van der Waals surface area contributed by atoms with Crippen LogP contribution in [0.2, 0.25) is 0 Å². The number of hydrogen-bond acceptors (Lipinski definition) is 4. The molecular formula is C22H25FN2O3. The van der Waals surface area contributed by atoms with Crippen LogP contribution < -0.4 is 9.47 Å². The van der Waals surface area contributed by atoms with E-state index in [-0.39, 0.29) is 11.7 Å². The molecule has 6 heteroatoms. The summed E-state index contributed by atoms with van der Waals surface area (Å²) in [6.45, 7) is 5.10. The molecule has 0 atom stereocenters. The molecule has 0 aromatic heterocycles. The first-order valence-electron chi connectivity index (χ1n) is 9.81. The number of amides is 1. The van der Waals surface area contributed by atoms with E-state index in [2.05, 4.69) is 11.0 Å². The van der Waals surface area contributed by atoms with Crippen molar-refractivity contribution < 1.29 is 18.7 Å². The number of carbonyl (C=O) groups is 1. The van der Waals surface area contributed by atoms with Gasteiger partial charge < -0.3 is 14.4 Å². The molecule has 1 amide bonds. The van der Waals surface area contributed by atoms with Crippen LogP contribution in [0.1, 0.15) is 17.5 Å². The maximum absolute atomic E-state index is 13.7. The summed E-state index contributed by atoms with van der Waals surface area (Å²) < 4.78 is 24.9. The minimum atomic E-state index is -0.237. The quantitative estimate of drug-likeness (QED) is 0.795. The van der Waals surface area contributed by atoms with Gasteiger partial charge in [-0.1, -0.05) is 24.3 Å². The molecule has 148 valence electrons. The van der Waals surface area contributed by atoms with E-state index in [1.807, 2.05) is 17.0 Å². The van der Waals surface area contributed by atoms with Crippen LogP contribution in [0.4, 0.5) is 4.39 Å². The Labute approximate surface area is 164 Å². The van der Waals surface area contributed by atoms with E-state index < -0.39 is 0 Å². The van der Waals surface area contributed by atoms with Crippen LogP contribution in [0.3, 0.4) is 0 Å². The second-order valence-corrected chi connectivity index (χ2v) is 7.23. The lowest BCUT2D eigenvalue weighted by Gasteiger charge is -2.35. The molecule has 0 bridgehead atoms. The standard InChI is InChI=1S/C22H25FN2O3/c23-19-4-2-1-3-18(19)6-8-22(26)25-11-9-24(10-12-25)16-17-5-7-20-21(15-17)28-14-13-27-20/h1-5,7,15H,6,8-14,16H2. The van der Waals surface area contributed by atoms with Crippen LogP contribution in [0.5, 0.6) is 11.5 Å². The first-order chi connectivity index (χ1) is 13.7. The van der Waals surface area contributed by atoms with Gasteiger partial charge in [-0.3, -0.25) is 9.69 Å². The summed E-state index contributed by atoms with van der Waals surface area (Å²) >= 11 is 0. The number of halogens is 1. The van der Waals surface area contributed by atoms with Crippen molar-refractivity contribution in [3.8, 4) is 11.5 Å². The molecule has 0 spiro atoms. The minimum absolute atomic E-state index is 0.0993. The number of hydrogen-bond donors (Lipinski definition) is 0. The number of piperazine rings is 1. The lowest BCUT2D eigenvalue weighted by atomic mass is 10.1. The number of rotatable bonds is 5. The monoisotopic (exact) mass is 384 g/mol. The number of nitrogens with zero attached hydrogens (tertiary/aromatic N) is 2. The highest BCUT2D eigenvalue weighted by Crippen LogP contribution is 2.31. The highest BCUT2D eigenvalue weighted by Gasteiger charge is 2.22. The van der Waals surface area contributed by atoms with Crippen molar-refractivity contribution in [2.24, 2.45) is 0 Å². The molecule has 4 rings (SSSR count). The fourth-order valence-electron chi connectivity index (χ4n) is 3.70. The molecule has 2 aliphatic heterocycles. The van der Waals surface area contributed by atoms with Gasteiger partial charge in [-0.25, -0.2) is 4.39 Å². The Kier molecular flexibility index (Phi) is 5.76. The molecule has 28 heavy (non-hydrogen) atoms. The maximum Gasteiger partial charge on any atom is 0.222 e. The average molecular weight is 384 g/mol. The fraction of sp³-hybridized carbons (Fsp3) is 0.409. The number of ether oxygens (including phenoxy) is 2. The summed E-state index contributed by atoms with van der Waals surface area (Å²) in [5.41, 5.74) is 1.79. The molecule has 0 saturated carbocycles. The Bertz CT molecular complexity index is 834. The first-order valence-corrected chi connectivity index (χ1v) is 9.81. The third-order valence-electron chi connectivity index (χ3n) is 5.30. The normalized spacial score (nSPS) is 16.8. The summed E-state index contributed by atoms with van der Waals surface area (Å²) in [5, 5.41) is 0. The maximum atomic E-state index is 13.7. The third kappa shape index (κ3) is 4.44. The van der Waals surface area contributed by atoms with Crippen LogP contribution in [-0.2, 0) is 17.8 Å². The van der Waals surface area contributed by atoms with Gasteiger partial charge in [0.1, 0.15) is 19.0 Å². The van der Waals surface area contributed by atoms with Crippen LogP contribution in [0.25, 0.3) is 0 Å². The van der Waals surface area contributed by atoms with E-state index in [0.717, 1.165) is 31.1 Å². The van der Waals surface area contributed by atoms with E-state index in [1.165, 1.54) is 11.6 Å². The van der Waals surface area contributed by atoms with Gasteiger partial charge in [-0.05, 0) is 35.7 Å². The molecule has 2 aromatic rings. The fourth-order valence-corrected chi connectivity index (χ4v) is 3.70. The average Bonchev–Trinajstić information content (AvgIpc) is 2.73. The molecular weight excluding hydrogens is 359 g/mol. The van der Waals surface area contributed by atoms with Gasteiger partial charge in [0.05, 0.1) is 0 Å². The zero-order chi connectivity index (χ0) is 19.3. The Balaban J connectivity index is 1.25. The van der Waals surface area contributed by atoms with Gasteiger partial charge in [-0.2, -0.15) is 0 Å². The molecule has 1 saturated heterocycles. The van der Waals surface area contributed by atoms with Crippen LogP contribution >= 0.6 is 0 Å². The first kappa shape index (κ1) is 18.7.